The fourth-order valence-electron chi connectivity index (χ4n) is 4.30. The van der Waals surface area contributed by atoms with Crippen molar-refractivity contribution in [1.29, 1.82) is 0 Å². The Labute approximate surface area is 262 Å². The Bertz CT molecular complexity index is 1710. The second kappa shape index (κ2) is 14.2. The molecule has 0 spiro atoms. The van der Waals surface area contributed by atoms with Crippen molar-refractivity contribution in [2.45, 2.75) is 26.8 Å². The van der Waals surface area contributed by atoms with Crippen LogP contribution in [0.2, 0.25) is 0 Å². The molecule has 13 heteroatoms. The first-order valence-corrected chi connectivity index (χ1v) is 15.4. The lowest BCUT2D eigenvalue weighted by Crippen LogP contribution is -2.39. The van der Waals surface area contributed by atoms with E-state index in [0.29, 0.717) is 55.4 Å². The van der Waals surface area contributed by atoms with Crippen LogP contribution in [0, 0.1) is 0 Å². The number of fused-ring (bicyclic) bond motifs is 1. The van der Waals surface area contributed by atoms with Crippen molar-refractivity contribution < 1.29 is 33.3 Å². The number of carbonyl (C=O) groups excluding carboxylic acids is 2. The van der Waals surface area contributed by atoms with Crippen LogP contribution in [0.5, 0.6) is 17.2 Å². The van der Waals surface area contributed by atoms with Crippen LogP contribution in [-0.2, 0) is 19.1 Å². The second-order valence-electron chi connectivity index (χ2n) is 8.65. The summed E-state index contributed by atoms with van der Waals surface area (Å²) in [5.41, 5.74) is 0.961. The number of ether oxygens (including phenoxy) is 5. The lowest BCUT2D eigenvalue weighted by Gasteiger charge is -2.23. The predicted molar refractivity (Wildman–Crippen MR) is 164 cm³/mol. The van der Waals surface area contributed by atoms with Crippen LogP contribution in [0.25, 0.3) is 6.08 Å². The van der Waals surface area contributed by atoms with Crippen molar-refractivity contribution >= 4 is 61.2 Å². The van der Waals surface area contributed by atoms with Gasteiger partial charge in [-0.05, 0) is 72.6 Å². The molecular weight excluding hydrogens is 696 g/mol. The van der Waals surface area contributed by atoms with Crippen LogP contribution in [0.4, 0.5) is 0 Å². The van der Waals surface area contributed by atoms with Crippen molar-refractivity contribution in [1.82, 2.24) is 4.57 Å². The van der Waals surface area contributed by atoms with Gasteiger partial charge >= 0.3 is 11.9 Å². The number of aromatic nitrogens is 1. The molecule has 1 aliphatic heterocycles. The van der Waals surface area contributed by atoms with Crippen molar-refractivity contribution in [2.75, 3.05) is 33.5 Å². The van der Waals surface area contributed by atoms with Crippen LogP contribution in [0.1, 0.15) is 37.9 Å². The molecule has 0 unspecified atom stereocenters. The third-order valence-electron chi connectivity index (χ3n) is 5.97. The minimum atomic E-state index is -0.834. The van der Waals surface area contributed by atoms with Gasteiger partial charge in [0.05, 0.1) is 47.6 Å². The highest BCUT2D eigenvalue weighted by molar-refractivity contribution is 9.11. The molecule has 0 N–H and O–H groups in total. The van der Waals surface area contributed by atoms with Gasteiger partial charge in [-0.1, -0.05) is 33.3 Å². The molecule has 4 rings (SSSR count). The highest BCUT2D eigenvalue weighted by Gasteiger charge is 2.31. The van der Waals surface area contributed by atoms with Crippen LogP contribution in [-0.4, -0.2) is 50.0 Å². The zero-order chi connectivity index (χ0) is 30.4. The number of thiazole rings is 1. The summed E-state index contributed by atoms with van der Waals surface area (Å²) in [6.45, 7) is 6.20. The largest absolute Gasteiger partial charge is 0.490 e. The Morgan fingerprint density at radius 3 is 2.45 bits per heavy atom. The molecule has 0 saturated carbocycles. The third kappa shape index (κ3) is 6.79. The van der Waals surface area contributed by atoms with E-state index < -0.39 is 18.0 Å². The Morgan fingerprint density at radius 1 is 1.02 bits per heavy atom. The maximum Gasteiger partial charge on any atom is 0.344 e. The molecule has 2 aromatic carbocycles. The zero-order valence-corrected chi connectivity index (χ0v) is 27.3. The van der Waals surface area contributed by atoms with Crippen molar-refractivity contribution in [3.05, 3.63) is 81.9 Å². The first kappa shape index (κ1) is 31.5. The molecule has 2 heterocycles. The van der Waals surface area contributed by atoms with Crippen LogP contribution in [0.15, 0.2) is 60.8 Å². The molecule has 0 amide bonds. The van der Waals surface area contributed by atoms with Crippen LogP contribution >= 0.6 is 43.2 Å². The maximum atomic E-state index is 14.0. The maximum absolute atomic E-state index is 14.0. The first-order valence-electron chi connectivity index (χ1n) is 13.0. The molecule has 0 aliphatic carbocycles. The van der Waals surface area contributed by atoms with E-state index in [4.69, 9.17) is 23.7 Å². The van der Waals surface area contributed by atoms with E-state index in [1.54, 1.807) is 43.3 Å². The highest BCUT2D eigenvalue weighted by atomic mass is 79.9. The van der Waals surface area contributed by atoms with E-state index in [-0.39, 0.29) is 24.3 Å². The molecule has 1 aromatic heterocycles. The number of benzene rings is 2. The summed E-state index contributed by atoms with van der Waals surface area (Å²) >= 11 is 8.10. The molecule has 0 bridgehead atoms. The minimum Gasteiger partial charge on any atom is -0.490 e. The Hall–Kier alpha value is -3.42. The number of esters is 2. The van der Waals surface area contributed by atoms with Gasteiger partial charge in [0.1, 0.15) is 5.75 Å². The predicted octanol–water partition coefficient (Wildman–Crippen LogP) is 4.28. The average molecular weight is 724 g/mol. The molecule has 1 aliphatic rings. The van der Waals surface area contributed by atoms with Gasteiger partial charge in [-0.2, -0.15) is 0 Å². The van der Waals surface area contributed by atoms with Gasteiger partial charge in [-0.25, -0.2) is 14.6 Å². The normalized spacial score (nSPS) is 14.4. The van der Waals surface area contributed by atoms with E-state index in [2.05, 4.69) is 36.9 Å². The van der Waals surface area contributed by atoms with Gasteiger partial charge in [0.15, 0.2) is 22.9 Å². The standard InChI is InChI=1S/C29H28Br2N2O8S/c1-5-38-21-9-8-16(11-22(21)39-6-2)25-19(28(36)37-4)14-32-29-33(25)27(35)23(42-29)12-17-10-18(30)13-20(31)26(17)41-15-24(34)40-7-3/h8-14,25H,5-7,15H2,1-4H3/b23-12+/t25-/m0/s1. The number of carbonyl (C=O) groups is 2. The first-order chi connectivity index (χ1) is 20.2. The average Bonchev–Trinajstić information content (AvgIpc) is 3.27. The van der Waals surface area contributed by atoms with E-state index in [1.165, 1.54) is 17.9 Å². The van der Waals surface area contributed by atoms with Gasteiger partial charge in [0, 0.05) is 16.2 Å². The molecule has 3 aromatic rings. The van der Waals surface area contributed by atoms with Gasteiger partial charge in [-0.15, -0.1) is 0 Å². The number of rotatable bonds is 11. The fourth-order valence-corrected chi connectivity index (χ4v) is 6.64. The zero-order valence-electron chi connectivity index (χ0n) is 23.3. The molecule has 0 saturated heterocycles. The summed E-state index contributed by atoms with van der Waals surface area (Å²) in [5, 5.41) is 0. The summed E-state index contributed by atoms with van der Waals surface area (Å²) in [7, 11) is 1.28. The Morgan fingerprint density at radius 2 is 1.76 bits per heavy atom. The molecule has 222 valence electrons. The van der Waals surface area contributed by atoms with Gasteiger partial charge in [-0.3, -0.25) is 9.36 Å². The third-order valence-corrected chi connectivity index (χ3v) is 8.02. The molecule has 10 nitrogen and oxygen atoms in total. The van der Waals surface area contributed by atoms with E-state index in [9.17, 15) is 14.4 Å². The molecular formula is C29H28Br2N2O8S. The quantitative estimate of drug-likeness (QED) is 0.270. The van der Waals surface area contributed by atoms with Crippen LogP contribution in [0.3, 0.4) is 0 Å². The number of methoxy groups -OCH3 is 1. The van der Waals surface area contributed by atoms with Crippen LogP contribution < -0.4 is 29.1 Å². The minimum absolute atomic E-state index is 0.187. The molecule has 0 fully saturated rings. The monoisotopic (exact) mass is 722 g/mol. The number of hydrogen-bond donors (Lipinski definition) is 0. The van der Waals surface area contributed by atoms with E-state index in [0.717, 1.165) is 15.8 Å². The Balaban J connectivity index is 1.87. The number of nitrogens with zero attached hydrogens (tertiary/aromatic N) is 2. The number of halogens is 2. The second-order valence-corrected chi connectivity index (χ2v) is 11.4. The topological polar surface area (TPSA) is 115 Å². The lowest BCUT2D eigenvalue weighted by molar-refractivity contribution is -0.145. The van der Waals surface area contributed by atoms with Crippen molar-refractivity contribution in [3.8, 4) is 17.2 Å². The van der Waals surface area contributed by atoms with Crippen molar-refractivity contribution in [3.63, 3.8) is 0 Å². The summed E-state index contributed by atoms with van der Waals surface area (Å²) in [4.78, 5) is 43.6. The van der Waals surface area contributed by atoms with Crippen molar-refractivity contribution in [2.24, 2.45) is 4.99 Å². The molecule has 0 radical (unpaired) electrons. The molecule has 1 atom stereocenters. The van der Waals surface area contributed by atoms with Gasteiger partial charge < -0.3 is 23.7 Å². The summed E-state index contributed by atoms with van der Waals surface area (Å²) < 4.78 is 30.4. The van der Waals surface area contributed by atoms with E-state index >= 15 is 0 Å². The summed E-state index contributed by atoms with van der Waals surface area (Å²) in [5.74, 6) is 0.263. The van der Waals surface area contributed by atoms with Gasteiger partial charge in [0.2, 0.25) is 0 Å². The molecule has 42 heavy (non-hydrogen) atoms. The van der Waals surface area contributed by atoms with Gasteiger partial charge in [0.25, 0.3) is 5.56 Å². The summed E-state index contributed by atoms with van der Waals surface area (Å²) in [6, 6.07) is 7.99. The van der Waals surface area contributed by atoms with E-state index in [1.807, 2.05) is 13.8 Å². The highest BCUT2D eigenvalue weighted by Crippen LogP contribution is 2.36. The fraction of sp³-hybridized carbons (Fsp3) is 0.310. The Kier molecular flexibility index (Phi) is 10.6. The summed E-state index contributed by atoms with van der Waals surface area (Å²) in [6.07, 6.45) is 3.08. The lowest BCUT2D eigenvalue weighted by atomic mass is 9.97. The smallest absolute Gasteiger partial charge is 0.344 e. The SMILES string of the molecule is CCOC(=O)COc1c(Br)cc(Br)cc1/C=c1/sc2n(c1=O)[C@@H](c1ccc(OCC)c(OCC)c1)C(C(=O)OC)=CN=2. The number of hydrogen-bond acceptors (Lipinski definition) is 10.